The molecule has 2 atom stereocenters. The van der Waals surface area contributed by atoms with Gasteiger partial charge in [-0.2, -0.15) is 0 Å². The third kappa shape index (κ3) is 3.72. The summed E-state index contributed by atoms with van der Waals surface area (Å²) in [6, 6.07) is 2.37. The van der Waals surface area contributed by atoms with Gasteiger partial charge in [0.1, 0.15) is 0 Å². The number of amides is 1. The van der Waals surface area contributed by atoms with E-state index in [9.17, 15) is 4.79 Å². The Morgan fingerprint density at radius 1 is 1.29 bits per heavy atom. The van der Waals surface area contributed by atoms with Gasteiger partial charge in [0, 0.05) is 31.9 Å². The number of anilines is 1. The summed E-state index contributed by atoms with van der Waals surface area (Å²) in [6.45, 7) is 8.54. The van der Waals surface area contributed by atoms with Crippen molar-refractivity contribution in [3.8, 4) is 0 Å². The fourth-order valence-corrected chi connectivity index (χ4v) is 3.94. The van der Waals surface area contributed by atoms with E-state index in [1.807, 2.05) is 12.3 Å². The maximum Gasteiger partial charge on any atom is 0.255 e. The summed E-state index contributed by atoms with van der Waals surface area (Å²) >= 11 is 0. The Bertz CT molecular complexity index is 557. The van der Waals surface area contributed by atoms with Crippen LogP contribution in [-0.4, -0.2) is 54.7 Å². The van der Waals surface area contributed by atoms with Crippen molar-refractivity contribution in [2.24, 2.45) is 5.92 Å². The zero-order valence-corrected chi connectivity index (χ0v) is 14.9. The van der Waals surface area contributed by atoms with Gasteiger partial charge in [-0.15, -0.1) is 0 Å². The van der Waals surface area contributed by atoms with Gasteiger partial charge in [0.2, 0.25) is 0 Å². The minimum absolute atomic E-state index is 0.141. The lowest BCUT2D eigenvalue weighted by atomic mass is 9.87. The predicted octanol–water partition coefficient (Wildman–Crippen LogP) is 2.96. The van der Waals surface area contributed by atoms with Crippen LogP contribution in [0, 0.1) is 5.92 Å². The summed E-state index contributed by atoms with van der Waals surface area (Å²) in [5.41, 5.74) is 1.75. The van der Waals surface area contributed by atoms with Gasteiger partial charge < -0.3 is 14.5 Å². The third-order valence-corrected chi connectivity index (χ3v) is 5.31. The highest BCUT2D eigenvalue weighted by Crippen LogP contribution is 2.28. The Morgan fingerprint density at radius 2 is 2.08 bits per heavy atom. The number of likely N-dealkylation sites (tertiary alicyclic amines) is 1. The molecule has 0 saturated carbocycles. The second-order valence-corrected chi connectivity index (χ2v) is 7.01. The normalized spacial score (nSPS) is 24.9. The maximum absolute atomic E-state index is 13.1. The second kappa shape index (κ2) is 7.97. The van der Waals surface area contributed by atoms with E-state index in [1.54, 1.807) is 6.20 Å². The van der Waals surface area contributed by atoms with Gasteiger partial charge in [0.25, 0.3) is 5.91 Å². The van der Waals surface area contributed by atoms with Crippen molar-refractivity contribution in [2.75, 3.05) is 37.7 Å². The van der Waals surface area contributed by atoms with E-state index < -0.39 is 0 Å². The summed E-state index contributed by atoms with van der Waals surface area (Å²) in [7, 11) is 0. The number of hydrogen-bond acceptors (Lipinski definition) is 4. The van der Waals surface area contributed by atoms with E-state index in [0.717, 1.165) is 57.8 Å². The number of pyridine rings is 1. The second-order valence-electron chi connectivity index (χ2n) is 7.01. The van der Waals surface area contributed by atoms with Crippen molar-refractivity contribution < 1.29 is 9.53 Å². The van der Waals surface area contributed by atoms with Crippen LogP contribution in [0.4, 0.5) is 5.69 Å². The highest BCUT2D eigenvalue weighted by molar-refractivity contribution is 5.95. The Labute approximate surface area is 145 Å². The summed E-state index contributed by atoms with van der Waals surface area (Å²) in [6.07, 6.45) is 8.09. The standard InChI is InChI=1S/C19H29N3O2/c1-3-5-18-15(2)6-4-7-22(18)19(23)16-12-17(14-20-13-16)21-8-10-24-11-9-21/h12-15,18H,3-11H2,1-2H3. The van der Waals surface area contributed by atoms with Gasteiger partial charge in [0.15, 0.2) is 0 Å². The molecule has 2 aliphatic rings. The monoisotopic (exact) mass is 331 g/mol. The molecule has 3 heterocycles. The van der Waals surface area contributed by atoms with E-state index in [0.29, 0.717) is 17.5 Å². The molecule has 2 saturated heterocycles. The first-order valence-corrected chi connectivity index (χ1v) is 9.29. The van der Waals surface area contributed by atoms with Gasteiger partial charge >= 0.3 is 0 Å². The summed E-state index contributed by atoms with van der Waals surface area (Å²) in [5.74, 6) is 0.723. The molecule has 2 aliphatic heterocycles. The predicted molar refractivity (Wildman–Crippen MR) is 95.4 cm³/mol. The van der Waals surface area contributed by atoms with Gasteiger partial charge in [0.05, 0.1) is 30.7 Å². The van der Waals surface area contributed by atoms with Gasteiger partial charge in [-0.05, 0) is 31.2 Å². The number of morpholine rings is 1. The molecule has 0 aliphatic carbocycles. The molecule has 3 rings (SSSR count). The lowest BCUT2D eigenvalue weighted by Gasteiger charge is -2.40. The molecule has 24 heavy (non-hydrogen) atoms. The Hall–Kier alpha value is -1.62. The number of carbonyl (C=O) groups is 1. The molecular weight excluding hydrogens is 302 g/mol. The van der Waals surface area contributed by atoms with Crippen molar-refractivity contribution >= 4 is 11.6 Å². The molecule has 2 fully saturated rings. The van der Waals surface area contributed by atoms with Crippen LogP contribution in [-0.2, 0) is 4.74 Å². The molecule has 0 bridgehead atoms. The molecule has 1 amide bonds. The molecule has 2 unspecified atom stereocenters. The minimum Gasteiger partial charge on any atom is -0.378 e. The molecule has 1 aromatic heterocycles. The largest absolute Gasteiger partial charge is 0.378 e. The van der Waals surface area contributed by atoms with E-state index in [1.165, 1.54) is 6.42 Å². The van der Waals surface area contributed by atoms with Crippen molar-refractivity contribution in [1.29, 1.82) is 0 Å². The first-order chi connectivity index (χ1) is 11.7. The van der Waals surface area contributed by atoms with Gasteiger partial charge in [-0.25, -0.2) is 0 Å². The summed E-state index contributed by atoms with van der Waals surface area (Å²) in [5, 5.41) is 0. The quantitative estimate of drug-likeness (QED) is 0.851. The van der Waals surface area contributed by atoms with Gasteiger partial charge in [-0.1, -0.05) is 20.3 Å². The zero-order chi connectivity index (χ0) is 16.9. The van der Waals surface area contributed by atoms with E-state index in [-0.39, 0.29) is 5.91 Å². The number of carbonyl (C=O) groups excluding carboxylic acids is 1. The molecular formula is C19H29N3O2. The maximum atomic E-state index is 13.1. The molecule has 0 spiro atoms. The molecule has 0 N–H and O–H groups in total. The molecule has 0 radical (unpaired) electrons. The van der Waals surface area contributed by atoms with E-state index >= 15 is 0 Å². The highest BCUT2D eigenvalue weighted by Gasteiger charge is 2.32. The number of aromatic nitrogens is 1. The molecule has 132 valence electrons. The van der Waals surface area contributed by atoms with Crippen LogP contribution < -0.4 is 4.90 Å². The molecule has 0 aromatic carbocycles. The summed E-state index contributed by atoms with van der Waals surface area (Å²) < 4.78 is 5.41. The Balaban J connectivity index is 1.78. The van der Waals surface area contributed by atoms with Crippen molar-refractivity contribution in [3.05, 3.63) is 24.0 Å². The summed E-state index contributed by atoms with van der Waals surface area (Å²) in [4.78, 5) is 21.8. The van der Waals surface area contributed by atoms with Crippen LogP contribution in [0.15, 0.2) is 18.5 Å². The minimum atomic E-state index is 0.141. The van der Waals surface area contributed by atoms with Gasteiger partial charge in [-0.3, -0.25) is 9.78 Å². The van der Waals surface area contributed by atoms with Crippen LogP contribution in [0.1, 0.15) is 49.9 Å². The topological polar surface area (TPSA) is 45.7 Å². The number of nitrogens with zero attached hydrogens (tertiary/aromatic N) is 3. The van der Waals surface area contributed by atoms with E-state index in [2.05, 4.69) is 28.6 Å². The average molecular weight is 331 g/mol. The van der Waals surface area contributed by atoms with Crippen LogP contribution in [0.3, 0.4) is 0 Å². The average Bonchev–Trinajstić information content (AvgIpc) is 2.64. The third-order valence-electron chi connectivity index (χ3n) is 5.31. The first-order valence-electron chi connectivity index (χ1n) is 9.29. The number of ether oxygens (including phenoxy) is 1. The Kier molecular flexibility index (Phi) is 5.72. The number of hydrogen-bond donors (Lipinski definition) is 0. The lowest BCUT2D eigenvalue weighted by Crippen LogP contribution is -2.47. The highest BCUT2D eigenvalue weighted by atomic mass is 16.5. The van der Waals surface area contributed by atoms with Crippen molar-refractivity contribution in [2.45, 2.75) is 45.6 Å². The fraction of sp³-hybridized carbons (Fsp3) is 0.684. The fourth-order valence-electron chi connectivity index (χ4n) is 3.94. The number of rotatable bonds is 4. The SMILES string of the molecule is CCCC1C(C)CCCN1C(=O)c1cncc(N2CCOCC2)c1. The molecule has 5 heteroatoms. The van der Waals surface area contributed by atoms with Crippen molar-refractivity contribution in [3.63, 3.8) is 0 Å². The smallest absolute Gasteiger partial charge is 0.255 e. The Morgan fingerprint density at radius 3 is 2.83 bits per heavy atom. The number of piperidine rings is 1. The van der Waals surface area contributed by atoms with Crippen LogP contribution >= 0.6 is 0 Å². The van der Waals surface area contributed by atoms with Crippen LogP contribution in [0.2, 0.25) is 0 Å². The van der Waals surface area contributed by atoms with Crippen LogP contribution in [0.5, 0.6) is 0 Å². The van der Waals surface area contributed by atoms with Crippen molar-refractivity contribution in [1.82, 2.24) is 9.88 Å². The molecule has 5 nitrogen and oxygen atoms in total. The molecule has 1 aromatic rings. The zero-order valence-electron chi connectivity index (χ0n) is 14.9. The first kappa shape index (κ1) is 17.2. The van der Waals surface area contributed by atoms with Crippen LogP contribution in [0.25, 0.3) is 0 Å². The van der Waals surface area contributed by atoms with E-state index in [4.69, 9.17) is 4.74 Å². The lowest BCUT2D eigenvalue weighted by molar-refractivity contribution is 0.0497.